The lowest BCUT2D eigenvalue weighted by molar-refractivity contribution is 0.186. The summed E-state index contributed by atoms with van der Waals surface area (Å²) in [4.78, 5) is 2.63. The Balaban J connectivity index is 1.41. The van der Waals surface area contributed by atoms with Crippen molar-refractivity contribution in [2.45, 2.75) is 25.7 Å². The van der Waals surface area contributed by atoms with Crippen LogP contribution in [-0.2, 0) is 12.8 Å². The second kappa shape index (κ2) is 7.42. The van der Waals surface area contributed by atoms with Gasteiger partial charge in [-0.3, -0.25) is 0 Å². The number of hydrogen-bond acceptors (Lipinski definition) is 1. The number of hydrogen-bond donors (Lipinski definition) is 0. The third-order valence-corrected chi connectivity index (χ3v) is 4.63. The molecule has 1 fully saturated rings. The molecular formula is C20H25N. The van der Waals surface area contributed by atoms with Crippen molar-refractivity contribution in [3.05, 3.63) is 71.8 Å². The Labute approximate surface area is 128 Å². The molecule has 1 nitrogen and oxygen atoms in total. The van der Waals surface area contributed by atoms with Gasteiger partial charge >= 0.3 is 0 Å². The second-order valence-electron chi connectivity index (χ2n) is 6.21. The maximum absolute atomic E-state index is 2.63. The van der Waals surface area contributed by atoms with Crippen molar-refractivity contribution < 1.29 is 0 Å². The normalized spacial score (nSPS) is 17.0. The zero-order valence-electron chi connectivity index (χ0n) is 12.7. The van der Waals surface area contributed by atoms with E-state index in [4.69, 9.17) is 0 Å². The first-order valence-corrected chi connectivity index (χ1v) is 8.20. The van der Waals surface area contributed by atoms with Gasteiger partial charge in [-0.2, -0.15) is 0 Å². The smallest absolute Gasteiger partial charge is 0.00218 e. The highest BCUT2D eigenvalue weighted by Gasteiger charge is 2.18. The van der Waals surface area contributed by atoms with Gasteiger partial charge in [0.15, 0.2) is 0 Å². The molecule has 0 spiro atoms. The molecule has 2 aromatic rings. The van der Waals surface area contributed by atoms with E-state index in [0.717, 1.165) is 5.92 Å². The fourth-order valence-corrected chi connectivity index (χ4v) is 3.29. The lowest BCUT2D eigenvalue weighted by atomic mass is 9.90. The SMILES string of the molecule is c1ccc(CCN2CCC(Cc3ccccc3)CC2)cc1. The zero-order valence-corrected chi connectivity index (χ0v) is 12.7. The average molecular weight is 279 g/mol. The number of nitrogens with zero attached hydrogens (tertiary/aromatic N) is 1. The minimum atomic E-state index is 0.875. The average Bonchev–Trinajstić information content (AvgIpc) is 2.56. The van der Waals surface area contributed by atoms with Crippen LogP contribution in [0.25, 0.3) is 0 Å². The monoisotopic (exact) mass is 279 g/mol. The van der Waals surface area contributed by atoms with E-state index in [1.165, 1.54) is 56.4 Å². The Morgan fingerprint density at radius 3 is 1.95 bits per heavy atom. The third-order valence-electron chi connectivity index (χ3n) is 4.63. The molecule has 0 radical (unpaired) electrons. The minimum Gasteiger partial charge on any atom is -0.303 e. The molecule has 1 heterocycles. The van der Waals surface area contributed by atoms with Crippen molar-refractivity contribution in [2.75, 3.05) is 19.6 Å². The topological polar surface area (TPSA) is 3.24 Å². The van der Waals surface area contributed by atoms with Crippen LogP contribution in [0, 0.1) is 5.92 Å². The van der Waals surface area contributed by atoms with Crippen LogP contribution in [0.5, 0.6) is 0 Å². The fourth-order valence-electron chi connectivity index (χ4n) is 3.29. The van der Waals surface area contributed by atoms with E-state index in [9.17, 15) is 0 Å². The van der Waals surface area contributed by atoms with Gasteiger partial charge in [0.25, 0.3) is 0 Å². The van der Waals surface area contributed by atoms with E-state index in [0.29, 0.717) is 0 Å². The molecule has 0 atom stereocenters. The Hall–Kier alpha value is -1.60. The third kappa shape index (κ3) is 4.44. The first kappa shape index (κ1) is 14.3. The van der Waals surface area contributed by atoms with Crippen LogP contribution in [0.3, 0.4) is 0 Å². The molecule has 1 saturated heterocycles. The van der Waals surface area contributed by atoms with E-state index in [1.807, 2.05) is 0 Å². The Bertz CT molecular complexity index is 512. The van der Waals surface area contributed by atoms with Crippen molar-refractivity contribution >= 4 is 0 Å². The lowest BCUT2D eigenvalue weighted by Crippen LogP contribution is -2.35. The lowest BCUT2D eigenvalue weighted by Gasteiger charge is -2.32. The molecule has 1 aliphatic rings. The molecule has 0 aromatic heterocycles. The fraction of sp³-hybridized carbons (Fsp3) is 0.400. The van der Waals surface area contributed by atoms with Crippen molar-refractivity contribution in [1.82, 2.24) is 4.90 Å². The summed E-state index contributed by atoms with van der Waals surface area (Å²) in [5.41, 5.74) is 2.96. The summed E-state index contributed by atoms with van der Waals surface area (Å²) in [7, 11) is 0. The largest absolute Gasteiger partial charge is 0.303 e. The molecule has 2 aromatic carbocycles. The first-order chi connectivity index (χ1) is 10.4. The number of rotatable bonds is 5. The maximum atomic E-state index is 2.63. The summed E-state index contributed by atoms with van der Waals surface area (Å²) >= 11 is 0. The molecule has 110 valence electrons. The van der Waals surface area contributed by atoms with Crippen LogP contribution in [0.15, 0.2) is 60.7 Å². The second-order valence-corrected chi connectivity index (χ2v) is 6.21. The summed E-state index contributed by atoms with van der Waals surface area (Å²) in [5, 5.41) is 0. The van der Waals surface area contributed by atoms with Crippen LogP contribution in [0.2, 0.25) is 0 Å². The molecule has 1 aliphatic heterocycles. The molecule has 0 N–H and O–H groups in total. The Kier molecular flexibility index (Phi) is 5.07. The van der Waals surface area contributed by atoms with Crippen LogP contribution >= 0.6 is 0 Å². The summed E-state index contributed by atoms with van der Waals surface area (Å²) < 4.78 is 0. The predicted octanol–water partition coefficient (Wildman–Crippen LogP) is 4.18. The molecule has 21 heavy (non-hydrogen) atoms. The summed E-state index contributed by atoms with van der Waals surface area (Å²) in [6.45, 7) is 3.75. The van der Waals surface area contributed by atoms with E-state index >= 15 is 0 Å². The van der Waals surface area contributed by atoms with Crippen molar-refractivity contribution in [3.63, 3.8) is 0 Å². The quantitative estimate of drug-likeness (QED) is 0.793. The van der Waals surface area contributed by atoms with E-state index in [2.05, 4.69) is 65.6 Å². The zero-order chi connectivity index (χ0) is 14.3. The number of piperidine rings is 1. The van der Waals surface area contributed by atoms with Crippen LogP contribution < -0.4 is 0 Å². The van der Waals surface area contributed by atoms with E-state index < -0.39 is 0 Å². The van der Waals surface area contributed by atoms with Gasteiger partial charge in [0.05, 0.1) is 0 Å². The maximum Gasteiger partial charge on any atom is 0.00218 e. The van der Waals surface area contributed by atoms with Crippen LogP contribution in [0.4, 0.5) is 0 Å². The van der Waals surface area contributed by atoms with Gasteiger partial charge in [-0.25, -0.2) is 0 Å². The van der Waals surface area contributed by atoms with Gasteiger partial charge in [0, 0.05) is 6.54 Å². The molecule has 0 aliphatic carbocycles. The molecular weight excluding hydrogens is 254 g/mol. The van der Waals surface area contributed by atoms with Gasteiger partial charge in [0.1, 0.15) is 0 Å². The van der Waals surface area contributed by atoms with Gasteiger partial charge in [-0.05, 0) is 55.8 Å². The van der Waals surface area contributed by atoms with E-state index in [-0.39, 0.29) is 0 Å². The first-order valence-electron chi connectivity index (χ1n) is 8.20. The summed E-state index contributed by atoms with van der Waals surface area (Å²) in [5.74, 6) is 0.875. The number of likely N-dealkylation sites (tertiary alicyclic amines) is 1. The van der Waals surface area contributed by atoms with Crippen molar-refractivity contribution in [1.29, 1.82) is 0 Å². The van der Waals surface area contributed by atoms with Crippen LogP contribution in [-0.4, -0.2) is 24.5 Å². The van der Waals surface area contributed by atoms with Crippen LogP contribution in [0.1, 0.15) is 24.0 Å². The molecule has 0 unspecified atom stereocenters. The van der Waals surface area contributed by atoms with E-state index in [1.54, 1.807) is 0 Å². The van der Waals surface area contributed by atoms with Crippen molar-refractivity contribution in [3.8, 4) is 0 Å². The van der Waals surface area contributed by atoms with Gasteiger partial charge in [-0.15, -0.1) is 0 Å². The number of benzene rings is 2. The van der Waals surface area contributed by atoms with Crippen molar-refractivity contribution in [2.24, 2.45) is 5.92 Å². The molecule has 1 heteroatoms. The van der Waals surface area contributed by atoms with Gasteiger partial charge in [0.2, 0.25) is 0 Å². The van der Waals surface area contributed by atoms with Gasteiger partial charge in [-0.1, -0.05) is 60.7 Å². The highest BCUT2D eigenvalue weighted by atomic mass is 15.1. The molecule has 0 amide bonds. The Morgan fingerprint density at radius 2 is 1.33 bits per heavy atom. The Morgan fingerprint density at radius 1 is 0.762 bits per heavy atom. The molecule has 0 saturated carbocycles. The highest BCUT2D eigenvalue weighted by Crippen LogP contribution is 2.21. The highest BCUT2D eigenvalue weighted by molar-refractivity contribution is 5.16. The summed E-state index contributed by atoms with van der Waals surface area (Å²) in [6, 6.07) is 21.8. The van der Waals surface area contributed by atoms with Gasteiger partial charge < -0.3 is 4.90 Å². The molecule has 0 bridgehead atoms. The summed E-state index contributed by atoms with van der Waals surface area (Å²) in [6.07, 6.45) is 5.14. The molecule has 3 rings (SSSR count). The minimum absolute atomic E-state index is 0.875. The standard InChI is InChI=1S/C20H25N/c1-3-7-18(8-4-1)11-14-21-15-12-20(13-16-21)17-19-9-5-2-6-10-19/h1-10,20H,11-17H2. The predicted molar refractivity (Wildman–Crippen MR) is 89.5 cm³/mol.